The van der Waals surface area contributed by atoms with Gasteiger partial charge in [-0.15, -0.1) is 0 Å². The van der Waals surface area contributed by atoms with E-state index in [1.54, 1.807) is 0 Å². The molecule has 0 aromatic rings. The quantitative estimate of drug-likeness (QED) is 0.633. The Morgan fingerprint density at radius 1 is 1.21 bits per heavy atom. The first-order valence-electron chi connectivity index (χ1n) is 8.42. The molecule has 2 rings (SSSR count). The average Bonchev–Trinajstić information content (AvgIpc) is 3.07. The number of aliphatic hydroxyl groups is 1. The second kappa shape index (κ2) is 8.23. The summed E-state index contributed by atoms with van der Waals surface area (Å²) < 4.78 is 0. The molecule has 3 heteroatoms. The Morgan fingerprint density at radius 2 is 2.11 bits per heavy atom. The largest absolute Gasteiger partial charge is 0.396 e. The molecule has 112 valence electrons. The van der Waals surface area contributed by atoms with Gasteiger partial charge < -0.3 is 15.7 Å². The molecule has 2 fully saturated rings. The standard InChI is InChI=1S/C16H32N2O/c1-2-5-13(9-11-19)12-18-16-7-3-6-14(16)15-8-4-10-17-15/h13-19H,2-12H2,1H3. The highest BCUT2D eigenvalue weighted by molar-refractivity contribution is 4.93. The first kappa shape index (κ1) is 15.3. The van der Waals surface area contributed by atoms with Gasteiger partial charge in [0, 0.05) is 18.7 Å². The maximum absolute atomic E-state index is 9.14. The minimum absolute atomic E-state index is 0.338. The van der Waals surface area contributed by atoms with Crippen molar-refractivity contribution in [2.24, 2.45) is 11.8 Å². The molecular formula is C16H32N2O. The molecule has 0 amide bonds. The first-order valence-corrected chi connectivity index (χ1v) is 8.42. The van der Waals surface area contributed by atoms with Gasteiger partial charge in [-0.1, -0.05) is 19.8 Å². The van der Waals surface area contributed by atoms with Crippen molar-refractivity contribution in [3.8, 4) is 0 Å². The van der Waals surface area contributed by atoms with Crippen molar-refractivity contribution in [1.29, 1.82) is 0 Å². The molecular weight excluding hydrogens is 236 g/mol. The van der Waals surface area contributed by atoms with Crippen LogP contribution in [-0.2, 0) is 0 Å². The van der Waals surface area contributed by atoms with Crippen molar-refractivity contribution >= 4 is 0 Å². The van der Waals surface area contributed by atoms with Crippen LogP contribution in [0.5, 0.6) is 0 Å². The fourth-order valence-electron chi connectivity index (χ4n) is 4.06. The monoisotopic (exact) mass is 268 g/mol. The summed E-state index contributed by atoms with van der Waals surface area (Å²) in [5.74, 6) is 1.51. The molecule has 0 spiro atoms. The highest BCUT2D eigenvalue weighted by Crippen LogP contribution is 2.32. The summed E-state index contributed by atoms with van der Waals surface area (Å²) in [5.41, 5.74) is 0. The third-order valence-electron chi connectivity index (χ3n) is 5.09. The van der Waals surface area contributed by atoms with Gasteiger partial charge in [-0.2, -0.15) is 0 Å². The van der Waals surface area contributed by atoms with Gasteiger partial charge in [-0.3, -0.25) is 0 Å². The number of nitrogens with one attached hydrogen (secondary N) is 2. The van der Waals surface area contributed by atoms with Gasteiger partial charge in [0.15, 0.2) is 0 Å². The summed E-state index contributed by atoms with van der Waals surface area (Å²) in [6.07, 6.45) is 10.3. The van der Waals surface area contributed by atoms with E-state index in [2.05, 4.69) is 17.6 Å². The molecule has 4 unspecified atom stereocenters. The molecule has 4 atom stereocenters. The van der Waals surface area contributed by atoms with Crippen molar-refractivity contribution in [2.75, 3.05) is 19.7 Å². The van der Waals surface area contributed by atoms with Crippen molar-refractivity contribution in [1.82, 2.24) is 10.6 Å². The minimum atomic E-state index is 0.338. The van der Waals surface area contributed by atoms with Crippen LogP contribution >= 0.6 is 0 Å². The zero-order chi connectivity index (χ0) is 13.5. The van der Waals surface area contributed by atoms with Gasteiger partial charge in [-0.05, 0) is 63.5 Å². The lowest BCUT2D eigenvalue weighted by atomic mass is 9.92. The molecule has 19 heavy (non-hydrogen) atoms. The molecule has 1 saturated heterocycles. The molecule has 1 aliphatic carbocycles. The molecule has 0 radical (unpaired) electrons. The van der Waals surface area contributed by atoms with Crippen molar-refractivity contribution in [3.63, 3.8) is 0 Å². The smallest absolute Gasteiger partial charge is 0.0434 e. The second-order valence-electron chi connectivity index (χ2n) is 6.48. The predicted octanol–water partition coefficient (Wildman–Crippen LogP) is 2.30. The highest BCUT2D eigenvalue weighted by atomic mass is 16.3. The lowest BCUT2D eigenvalue weighted by Gasteiger charge is -2.28. The van der Waals surface area contributed by atoms with Crippen molar-refractivity contribution in [2.45, 2.75) is 70.4 Å². The Morgan fingerprint density at radius 3 is 2.79 bits per heavy atom. The lowest BCUT2D eigenvalue weighted by molar-refractivity contribution is 0.237. The molecule has 3 N–H and O–H groups in total. The zero-order valence-corrected chi connectivity index (χ0v) is 12.5. The second-order valence-corrected chi connectivity index (χ2v) is 6.48. The summed E-state index contributed by atoms with van der Waals surface area (Å²) in [4.78, 5) is 0. The maximum Gasteiger partial charge on any atom is 0.0434 e. The van der Waals surface area contributed by atoms with Crippen molar-refractivity contribution in [3.05, 3.63) is 0 Å². The molecule has 1 saturated carbocycles. The summed E-state index contributed by atoms with van der Waals surface area (Å²) in [5, 5.41) is 16.7. The molecule has 0 aromatic carbocycles. The van der Waals surface area contributed by atoms with E-state index in [4.69, 9.17) is 5.11 Å². The van der Waals surface area contributed by atoms with Crippen LogP contribution in [0.2, 0.25) is 0 Å². The van der Waals surface area contributed by atoms with Crippen LogP contribution in [0.15, 0.2) is 0 Å². The first-order chi connectivity index (χ1) is 9.35. The normalized spacial score (nSPS) is 32.8. The number of hydrogen-bond donors (Lipinski definition) is 3. The van der Waals surface area contributed by atoms with E-state index in [0.29, 0.717) is 18.6 Å². The van der Waals surface area contributed by atoms with E-state index in [-0.39, 0.29) is 0 Å². The SMILES string of the molecule is CCCC(CCO)CNC1CCCC1C1CCCN1. The Bertz CT molecular complexity index is 235. The van der Waals surface area contributed by atoms with E-state index in [0.717, 1.165) is 24.9 Å². The molecule has 3 nitrogen and oxygen atoms in total. The van der Waals surface area contributed by atoms with Gasteiger partial charge in [-0.25, -0.2) is 0 Å². The Balaban J connectivity index is 1.76. The number of hydrogen-bond acceptors (Lipinski definition) is 3. The Labute approximate surface area is 118 Å². The summed E-state index contributed by atoms with van der Waals surface area (Å²) in [6, 6.07) is 1.48. The van der Waals surface area contributed by atoms with Gasteiger partial charge in [0.25, 0.3) is 0 Å². The molecule has 1 aliphatic heterocycles. The van der Waals surface area contributed by atoms with Crippen LogP contribution in [0, 0.1) is 11.8 Å². The van der Waals surface area contributed by atoms with Gasteiger partial charge in [0.05, 0.1) is 0 Å². The summed E-state index contributed by atoms with van der Waals surface area (Å²) in [7, 11) is 0. The van der Waals surface area contributed by atoms with Gasteiger partial charge >= 0.3 is 0 Å². The van der Waals surface area contributed by atoms with Crippen molar-refractivity contribution < 1.29 is 5.11 Å². The molecule has 0 bridgehead atoms. The van der Waals surface area contributed by atoms with Crippen LogP contribution in [0.25, 0.3) is 0 Å². The van der Waals surface area contributed by atoms with E-state index < -0.39 is 0 Å². The predicted molar refractivity (Wildman–Crippen MR) is 80.3 cm³/mol. The van der Waals surface area contributed by atoms with Crippen LogP contribution in [0.3, 0.4) is 0 Å². The fourth-order valence-corrected chi connectivity index (χ4v) is 4.06. The summed E-state index contributed by atoms with van der Waals surface area (Å²) >= 11 is 0. The van der Waals surface area contributed by atoms with E-state index >= 15 is 0 Å². The molecule has 0 aromatic heterocycles. The van der Waals surface area contributed by atoms with Gasteiger partial charge in [0.1, 0.15) is 0 Å². The van der Waals surface area contributed by atoms with Crippen LogP contribution in [0.1, 0.15) is 58.3 Å². The van der Waals surface area contributed by atoms with E-state index in [1.165, 1.54) is 51.5 Å². The topological polar surface area (TPSA) is 44.3 Å². The Kier molecular flexibility index (Phi) is 6.62. The average molecular weight is 268 g/mol. The molecule has 1 heterocycles. The maximum atomic E-state index is 9.14. The van der Waals surface area contributed by atoms with E-state index in [1.807, 2.05) is 0 Å². The van der Waals surface area contributed by atoms with Crippen LogP contribution < -0.4 is 10.6 Å². The highest BCUT2D eigenvalue weighted by Gasteiger charge is 2.34. The van der Waals surface area contributed by atoms with Crippen LogP contribution in [-0.4, -0.2) is 36.9 Å². The number of rotatable bonds is 8. The number of aliphatic hydroxyl groups excluding tert-OH is 1. The third-order valence-corrected chi connectivity index (χ3v) is 5.09. The molecule has 2 aliphatic rings. The zero-order valence-electron chi connectivity index (χ0n) is 12.5. The lowest BCUT2D eigenvalue weighted by Crippen LogP contribution is -2.43. The fraction of sp³-hybridized carbons (Fsp3) is 1.00. The Hall–Kier alpha value is -0.120. The van der Waals surface area contributed by atoms with Gasteiger partial charge in [0.2, 0.25) is 0 Å². The van der Waals surface area contributed by atoms with E-state index in [9.17, 15) is 0 Å². The third kappa shape index (κ3) is 4.44. The minimum Gasteiger partial charge on any atom is -0.396 e. The van der Waals surface area contributed by atoms with Crippen LogP contribution in [0.4, 0.5) is 0 Å². The summed E-state index contributed by atoms with van der Waals surface area (Å²) in [6.45, 7) is 4.90.